The summed E-state index contributed by atoms with van der Waals surface area (Å²) in [6.45, 7) is 0. The summed E-state index contributed by atoms with van der Waals surface area (Å²) < 4.78 is 39.9. The first-order chi connectivity index (χ1) is 11.3. The van der Waals surface area contributed by atoms with E-state index in [1.54, 1.807) is 11.6 Å². The van der Waals surface area contributed by atoms with Crippen LogP contribution in [0.1, 0.15) is 15.9 Å². The number of carbonyl (C=O) groups excluding carboxylic acids is 1. The zero-order valence-corrected chi connectivity index (χ0v) is 13.8. The first-order valence-electron chi connectivity index (χ1n) is 6.76. The van der Waals surface area contributed by atoms with Gasteiger partial charge in [0.15, 0.2) is 6.29 Å². The van der Waals surface area contributed by atoms with Gasteiger partial charge in [0.05, 0.1) is 21.2 Å². The van der Waals surface area contributed by atoms with Gasteiger partial charge in [-0.1, -0.05) is 29.8 Å². The zero-order chi connectivity index (χ0) is 17.5. The van der Waals surface area contributed by atoms with Crippen LogP contribution in [-0.4, -0.2) is 15.8 Å². The normalized spacial score (nSPS) is 11.9. The molecule has 0 aliphatic carbocycles. The molecular formula is C16H10ClF3N2OS. The predicted molar refractivity (Wildman–Crippen MR) is 86.7 cm³/mol. The summed E-state index contributed by atoms with van der Waals surface area (Å²) in [6, 6.07) is 8.15. The fraction of sp³-hybridized carbons (Fsp3) is 0.125. The number of benzene rings is 1. The van der Waals surface area contributed by atoms with Crippen molar-refractivity contribution < 1.29 is 18.0 Å². The summed E-state index contributed by atoms with van der Waals surface area (Å²) >= 11 is 7.01. The molecule has 0 atom stereocenters. The molecule has 2 aromatic heterocycles. The Kier molecular flexibility index (Phi) is 4.31. The van der Waals surface area contributed by atoms with Crippen LogP contribution < -0.4 is 0 Å². The van der Waals surface area contributed by atoms with Crippen molar-refractivity contribution in [2.45, 2.75) is 16.2 Å². The van der Waals surface area contributed by atoms with E-state index in [-0.39, 0.29) is 10.0 Å². The second-order valence-electron chi connectivity index (χ2n) is 5.02. The fourth-order valence-corrected chi connectivity index (χ4v) is 3.61. The van der Waals surface area contributed by atoms with Crippen molar-refractivity contribution in [2.75, 3.05) is 0 Å². The van der Waals surface area contributed by atoms with Gasteiger partial charge in [-0.05, 0) is 23.9 Å². The zero-order valence-electron chi connectivity index (χ0n) is 12.3. The van der Waals surface area contributed by atoms with Gasteiger partial charge in [0, 0.05) is 24.1 Å². The third-order valence-corrected chi connectivity index (χ3v) is 5.14. The van der Waals surface area contributed by atoms with E-state index in [1.165, 1.54) is 0 Å². The summed E-state index contributed by atoms with van der Waals surface area (Å²) in [5.41, 5.74) is 0.380. The number of aromatic nitrogens is 2. The molecule has 8 heteroatoms. The molecular weight excluding hydrogens is 361 g/mol. The topological polar surface area (TPSA) is 34.9 Å². The third kappa shape index (κ3) is 2.89. The number of pyridine rings is 1. The van der Waals surface area contributed by atoms with Gasteiger partial charge in [-0.25, -0.2) is 4.98 Å². The Morgan fingerprint density at radius 1 is 1.29 bits per heavy atom. The second kappa shape index (κ2) is 6.14. The van der Waals surface area contributed by atoms with Crippen LogP contribution in [0, 0.1) is 0 Å². The van der Waals surface area contributed by atoms with Gasteiger partial charge < -0.3 is 4.57 Å². The maximum Gasteiger partial charge on any atom is 0.417 e. The van der Waals surface area contributed by atoms with E-state index >= 15 is 0 Å². The van der Waals surface area contributed by atoms with E-state index in [2.05, 4.69) is 4.98 Å². The molecule has 0 N–H and O–H groups in total. The van der Waals surface area contributed by atoms with Crippen LogP contribution in [0.5, 0.6) is 0 Å². The van der Waals surface area contributed by atoms with E-state index < -0.39 is 11.7 Å². The number of nitrogens with zero attached hydrogens (tertiary/aromatic N) is 2. The minimum atomic E-state index is -4.51. The van der Waals surface area contributed by atoms with Gasteiger partial charge in [0.2, 0.25) is 0 Å². The van der Waals surface area contributed by atoms with Crippen molar-refractivity contribution in [1.29, 1.82) is 0 Å². The number of alkyl halides is 3. The molecule has 124 valence electrons. The van der Waals surface area contributed by atoms with E-state index in [0.29, 0.717) is 10.6 Å². The number of aryl methyl sites for hydroxylation is 1. The molecule has 1 aromatic carbocycles. The maximum atomic E-state index is 12.7. The lowest BCUT2D eigenvalue weighted by Gasteiger charge is -2.09. The SMILES string of the molecule is Cn1c(Sc2ncc(C(F)(F)F)cc2Cl)c(C=O)c2ccccc21. The number of fused-ring (bicyclic) bond motifs is 1. The Hall–Kier alpha value is -1.99. The van der Waals surface area contributed by atoms with E-state index in [0.717, 1.165) is 41.2 Å². The van der Waals surface area contributed by atoms with Crippen molar-refractivity contribution in [2.24, 2.45) is 7.05 Å². The first-order valence-corrected chi connectivity index (χ1v) is 7.95. The Bertz CT molecular complexity index is 937. The number of aldehydes is 1. The molecule has 0 spiro atoms. The van der Waals surface area contributed by atoms with Crippen LogP contribution in [0.4, 0.5) is 13.2 Å². The van der Waals surface area contributed by atoms with Crippen LogP contribution in [0.2, 0.25) is 5.02 Å². The average molecular weight is 371 g/mol. The summed E-state index contributed by atoms with van der Waals surface area (Å²) in [7, 11) is 1.77. The van der Waals surface area contributed by atoms with Crippen LogP contribution in [0.15, 0.2) is 46.6 Å². The molecule has 24 heavy (non-hydrogen) atoms. The Labute approximate surface area is 144 Å². The minimum absolute atomic E-state index is 0.114. The van der Waals surface area contributed by atoms with Crippen LogP contribution >= 0.6 is 23.4 Å². The molecule has 0 bridgehead atoms. The maximum absolute atomic E-state index is 12.7. The average Bonchev–Trinajstić information content (AvgIpc) is 2.81. The lowest BCUT2D eigenvalue weighted by atomic mass is 10.2. The largest absolute Gasteiger partial charge is 0.417 e. The highest BCUT2D eigenvalue weighted by molar-refractivity contribution is 7.99. The lowest BCUT2D eigenvalue weighted by molar-refractivity contribution is -0.137. The van der Waals surface area contributed by atoms with Gasteiger partial charge in [0.1, 0.15) is 5.03 Å². The van der Waals surface area contributed by atoms with Gasteiger partial charge >= 0.3 is 6.18 Å². The molecule has 3 nitrogen and oxygen atoms in total. The highest BCUT2D eigenvalue weighted by Crippen LogP contribution is 2.39. The van der Waals surface area contributed by atoms with Crippen molar-refractivity contribution >= 4 is 40.6 Å². The monoisotopic (exact) mass is 370 g/mol. The number of hydrogen-bond acceptors (Lipinski definition) is 3. The molecule has 0 aliphatic heterocycles. The van der Waals surface area contributed by atoms with Gasteiger partial charge in [-0.2, -0.15) is 13.2 Å². The summed E-state index contributed by atoms with van der Waals surface area (Å²) in [6.07, 6.45) is -3.05. The number of hydrogen-bond donors (Lipinski definition) is 0. The van der Waals surface area contributed by atoms with Crippen LogP contribution in [0.3, 0.4) is 0 Å². The van der Waals surface area contributed by atoms with E-state index in [1.807, 2.05) is 24.3 Å². The van der Waals surface area contributed by atoms with E-state index in [4.69, 9.17) is 11.6 Å². The first kappa shape index (κ1) is 16.9. The van der Waals surface area contributed by atoms with Gasteiger partial charge in [0.25, 0.3) is 0 Å². The van der Waals surface area contributed by atoms with Crippen molar-refractivity contribution in [3.8, 4) is 0 Å². The summed E-state index contributed by atoms with van der Waals surface area (Å²) in [5, 5.41) is 1.43. The van der Waals surface area contributed by atoms with Crippen molar-refractivity contribution in [3.63, 3.8) is 0 Å². The molecule has 0 aliphatic rings. The highest BCUT2D eigenvalue weighted by Gasteiger charge is 2.31. The number of para-hydroxylation sites is 1. The van der Waals surface area contributed by atoms with Crippen LogP contribution in [0.25, 0.3) is 10.9 Å². The minimum Gasteiger partial charge on any atom is -0.338 e. The molecule has 2 heterocycles. The fourth-order valence-electron chi connectivity index (χ4n) is 2.38. The molecule has 0 unspecified atom stereocenters. The van der Waals surface area contributed by atoms with Crippen LogP contribution in [-0.2, 0) is 13.2 Å². The molecule has 0 saturated heterocycles. The summed E-state index contributed by atoms with van der Waals surface area (Å²) in [4.78, 5) is 15.3. The molecule has 0 fully saturated rings. The molecule has 0 amide bonds. The predicted octanol–water partition coefficient (Wildman–Crippen LogP) is 5.21. The van der Waals surface area contributed by atoms with Crippen molar-refractivity contribution in [1.82, 2.24) is 9.55 Å². The number of halogens is 4. The Morgan fingerprint density at radius 2 is 2.00 bits per heavy atom. The quantitative estimate of drug-likeness (QED) is 0.594. The van der Waals surface area contributed by atoms with Gasteiger partial charge in [-0.15, -0.1) is 0 Å². The molecule has 0 saturated carbocycles. The highest BCUT2D eigenvalue weighted by atomic mass is 35.5. The number of carbonyl (C=O) groups is 1. The second-order valence-corrected chi connectivity index (χ2v) is 6.41. The van der Waals surface area contributed by atoms with Gasteiger partial charge in [-0.3, -0.25) is 4.79 Å². The lowest BCUT2D eigenvalue weighted by Crippen LogP contribution is -2.05. The van der Waals surface area contributed by atoms with Crippen molar-refractivity contribution in [3.05, 3.63) is 52.7 Å². The molecule has 0 radical (unpaired) electrons. The summed E-state index contributed by atoms with van der Waals surface area (Å²) in [5.74, 6) is 0. The molecule has 3 aromatic rings. The molecule has 3 rings (SSSR count). The smallest absolute Gasteiger partial charge is 0.338 e. The third-order valence-electron chi connectivity index (χ3n) is 3.54. The Morgan fingerprint density at radius 3 is 2.62 bits per heavy atom. The van der Waals surface area contributed by atoms with E-state index in [9.17, 15) is 18.0 Å². The Balaban J connectivity index is 2.08. The standard InChI is InChI=1S/C16H10ClF3N2OS/c1-22-13-5-3-2-4-10(13)11(8-23)15(22)24-14-12(17)6-9(7-21-14)16(18,19)20/h2-8H,1H3. The number of rotatable bonds is 3.